The number of ketones is 1. The number of carboxylic acids is 1. The molecule has 0 amide bonds. The van der Waals surface area contributed by atoms with Crippen molar-refractivity contribution in [2.75, 3.05) is 30.5 Å². The molecule has 0 saturated heterocycles. The molecule has 8 nitrogen and oxygen atoms in total. The normalized spacial score (nSPS) is 12.1. The predicted molar refractivity (Wildman–Crippen MR) is 141 cm³/mol. The van der Waals surface area contributed by atoms with E-state index in [1.807, 2.05) is 24.1 Å². The highest BCUT2D eigenvalue weighted by molar-refractivity contribution is 6.30. The summed E-state index contributed by atoms with van der Waals surface area (Å²) in [5, 5.41) is 13.4. The van der Waals surface area contributed by atoms with Gasteiger partial charge in [-0.2, -0.15) is 0 Å². The average molecular weight is 516 g/mol. The minimum atomic E-state index is -1.15. The van der Waals surface area contributed by atoms with E-state index in [-0.39, 0.29) is 16.8 Å². The van der Waals surface area contributed by atoms with Crippen LogP contribution in [0.5, 0.6) is 11.5 Å². The minimum Gasteiger partial charge on any atom is -0.486 e. The number of aromatic carboxylic acids is 1. The summed E-state index contributed by atoms with van der Waals surface area (Å²) in [5.74, 6) is -0.306. The van der Waals surface area contributed by atoms with Crippen LogP contribution in [0, 0.1) is 0 Å². The summed E-state index contributed by atoms with van der Waals surface area (Å²) < 4.78 is 11.2. The molecule has 0 bridgehead atoms. The van der Waals surface area contributed by atoms with Crippen LogP contribution in [-0.2, 0) is 0 Å². The number of fused-ring (bicyclic) bond motifs is 1. The summed E-state index contributed by atoms with van der Waals surface area (Å²) in [6.07, 6.45) is 1.59. The van der Waals surface area contributed by atoms with Crippen molar-refractivity contribution in [3.8, 4) is 11.5 Å². The lowest BCUT2D eigenvalue weighted by Gasteiger charge is -2.19. The molecule has 4 aromatic rings. The molecule has 0 atom stereocenters. The van der Waals surface area contributed by atoms with Crippen molar-refractivity contribution in [3.63, 3.8) is 0 Å². The Morgan fingerprint density at radius 1 is 0.865 bits per heavy atom. The molecule has 9 heteroatoms. The van der Waals surface area contributed by atoms with Gasteiger partial charge in [-0.3, -0.25) is 9.78 Å². The molecule has 5 rings (SSSR count). The SMILES string of the molecule is CN(c1ccc(Cl)cc1)c1ccc(C(=O)c2cc(Nc3ccc4c(c3)OCCO4)cc(C(=O)O)c2)nc1. The van der Waals surface area contributed by atoms with Crippen molar-refractivity contribution in [3.05, 3.63) is 101 Å². The maximum Gasteiger partial charge on any atom is 0.335 e. The number of pyridine rings is 1. The standard InChI is InChI=1S/C28H22ClN3O5/c1-32(22-5-2-19(29)3-6-22)23-7-8-24(30-16-23)27(33)17-12-18(28(34)35)14-21(13-17)31-20-4-9-25-26(15-20)37-11-10-36-25/h2-9,12-16,31H,10-11H2,1H3,(H,34,35). The molecule has 3 aromatic carbocycles. The van der Waals surface area contributed by atoms with E-state index in [2.05, 4.69) is 10.3 Å². The quantitative estimate of drug-likeness (QED) is 0.291. The second kappa shape index (κ2) is 10.2. The van der Waals surface area contributed by atoms with Gasteiger partial charge >= 0.3 is 5.97 Å². The minimum absolute atomic E-state index is 0.0232. The topological polar surface area (TPSA) is 101 Å². The molecule has 37 heavy (non-hydrogen) atoms. The zero-order valence-corrected chi connectivity index (χ0v) is 20.5. The summed E-state index contributed by atoms with van der Waals surface area (Å²) in [4.78, 5) is 31.3. The molecule has 0 saturated carbocycles. The summed E-state index contributed by atoms with van der Waals surface area (Å²) >= 11 is 5.97. The molecule has 1 aromatic heterocycles. The van der Waals surface area contributed by atoms with Gasteiger partial charge in [0.05, 0.1) is 17.4 Å². The number of hydrogen-bond donors (Lipinski definition) is 2. The average Bonchev–Trinajstić information content (AvgIpc) is 2.92. The van der Waals surface area contributed by atoms with E-state index < -0.39 is 11.8 Å². The van der Waals surface area contributed by atoms with Gasteiger partial charge in [-0.25, -0.2) is 4.79 Å². The van der Waals surface area contributed by atoms with Crippen LogP contribution in [0.25, 0.3) is 0 Å². The van der Waals surface area contributed by atoms with Crippen LogP contribution in [-0.4, -0.2) is 42.1 Å². The first-order chi connectivity index (χ1) is 17.9. The number of halogens is 1. The second-order valence-electron chi connectivity index (χ2n) is 8.35. The number of anilines is 4. The van der Waals surface area contributed by atoms with Crippen molar-refractivity contribution >= 4 is 46.1 Å². The van der Waals surface area contributed by atoms with Crippen molar-refractivity contribution in [1.82, 2.24) is 4.98 Å². The van der Waals surface area contributed by atoms with Gasteiger partial charge in [0.15, 0.2) is 11.5 Å². The molecular formula is C28H22ClN3O5. The molecule has 2 N–H and O–H groups in total. The largest absolute Gasteiger partial charge is 0.486 e. The molecule has 2 heterocycles. The Morgan fingerprint density at radius 3 is 2.27 bits per heavy atom. The molecule has 0 fully saturated rings. The monoisotopic (exact) mass is 515 g/mol. The van der Waals surface area contributed by atoms with Gasteiger partial charge in [-0.15, -0.1) is 0 Å². The fraction of sp³-hybridized carbons (Fsp3) is 0.107. The Kier molecular flexibility index (Phi) is 6.66. The Morgan fingerprint density at radius 2 is 1.57 bits per heavy atom. The van der Waals surface area contributed by atoms with Gasteiger partial charge < -0.3 is 24.8 Å². The van der Waals surface area contributed by atoms with E-state index in [0.29, 0.717) is 41.1 Å². The third-order valence-electron chi connectivity index (χ3n) is 5.85. The highest BCUT2D eigenvalue weighted by Crippen LogP contribution is 2.34. The van der Waals surface area contributed by atoms with Crippen LogP contribution in [0.2, 0.25) is 5.02 Å². The van der Waals surface area contributed by atoms with Crippen LogP contribution in [0.1, 0.15) is 26.4 Å². The first-order valence-corrected chi connectivity index (χ1v) is 11.8. The summed E-state index contributed by atoms with van der Waals surface area (Å²) in [5.41, 5.74) is 3.17. The smallest absolute Gasteiger partial charge is 0.335 e. The lowest BCUT2D eigenvalue weighted by Crippen LogP contribution is -2.15. The summed E-state index contributed by atoms with van der Waals surface area (Å²) in [6, 6.07) is 20.5. The highest BCUT2D eigenvalue weighted by Gasteiger charge is 2.17. The maximum atomic E-state index is 13.3. The van der Waals surface area contributed by atoms with E-state index in [9.17, 15) is 14.7 Å². The van der Waals surface area contributed by atoms with Gasteiger partial charge in [-0.05, 0) is 66.7 Å². The van der Waals surface area contributed by atoms with Crippen LogP contribution >= 0.6 is 11.6 Å². The van der Waals surface area contributed by atoms with E-state index in [1.165, 1.54) is 12.1 Å². The van der Waals surface area contributed by atoms with Gasteiger partial charge in [0.2, 0.25) is 5.78 Å². The van der Waals surface area contributed by atoms with Gasteiger partial charge in [0, 0.05) is 40.8 Å². The molecule has 1 aliphatic heterocycles. The van der Waals surface area contributed by atoms with E-state index in [0.717, 1.165) is 11.4 Å². The number of carbonyl (C=O) groups excluding carboxylic acids is 1. The second-order valence-corrected chi connectivity index (χ2v) is 8.79. The lowest BCUT2D eigenvalue weighted by atomic mass is 10.0. The number of nitrogens with one attached hydrogen (secondary N) is 1. The van der Waals surface area contributed by atoms with Crippen molar-refractivity contribution in [2.45, 2.75) is 0 Å². The molecule has 0 aliphatic carbocycles. The van der Waals surface area contributed by atoms with Crippen molar-refractivity contribution in [1.29, 1.82) is 0 Å². The maximum absolute atomic E-state index is 13.3. The first kappa shape index (κ1) is 24.1. The number of rotatable bonds is 7. The fourth-order valence-corrected chi connectivity index (χ4v) is 4.05. The van der Waals surface area contributed by atoms with Crippen molar-refractivity contribution < 1.29 is 24.2 Å². The molecule has 0 unspecified atom stereocenters. The van der Waals surface area contributed by atoms with E-state index in [1.54, 1.807) is 54.7 Å². The Balaban J connectivity index is 1.39. The number of aromatic nitrogens is 1. The third kappa shape index (κ3) is 5.34. The Bertz CT molecular complexity index is 1470. The van der Waals surface area contributed by atoms with Gasteiger partial charge in [0.1, 0.15) is 18.9 Å². The zero-order valence-electron chi connectivity index (χ0n) is 19.8. The number of hydrogen-bond acceptors (Lipinski definition) is 7. The first-order valence-electron chi connectivity index (χ1n) is 11.4. The van der Waals surface area contributed by atoms with E-state index >= 15 is 0 Å². The Labute approximate surface area is 218 Å². The predicted octanol–water partition coefficient (Wildman–Crippen LogP) is 5.95. The summed E-state index contributed by atoms with van der Waals surface area (Å²) in [6.45, 7) is 0.934. The van der Waals surface area contributed by atoms with E-state index in [4.69, 9.17) is 21.1 Å². The number of benzene rings is 3. The Hall–Kier alpha value is -4.56. The van der Waals surface area contributed by atoms with Crippen LogP contribution in [0.4, 0.5) is 22.7 Å². The molecule has 1 aliphatic rings. The molecule has 0 spiro atoms. The highest BCUT2D eigenvalue weighted by atomic mass is 35.5. The number of carbonyl (C=O) groups is 2. The molecular weight excluding hydrogens is 494 g/mol. The van der Waals surface area contributed by atoms with Crippen LogP contribution < -0.4 is 19.7 Å². The molecule has 186 valence electrons. The number of carboxylic acid groups (broad SMARTS) is 1. The van der Waals surface area contributed by atoms with Gasteiger partial charge in [-0.1, -0.05) is 11.6 Å². The molecule has 0 radical (unpaired) electrons. The van der Waals surface area contributed by atoms with Crippen LogP contribution in [0.3, 0.4) is 0 Å². The number of ether oxygens (including phenoxy) is 2. The van der Waals surface area contributed by atoms with Crippen molar-refractivity contribution in [2.24, 2.45) is 0 Å². The number of nitrogens with zero attached hydrogens (tertiary/aromatic N) is 2. The zero-order chi connectivity index (χ0) is 25.9. The fourth-order valence-electron chi connectivity index (χ4n) is 3.92. The van der Waals surface area contributed by atoms with Crippen LogP contribution in [0.15, 0.2) is 79.0 Å². The third-order valence-corrected chi connectivity index (χ3v) is 6.11. The lowest BCUT2D eigenvalue weighted by molar-refractivity contribution is 0.0697. The van der Waals surface area contributed by atoms with Gasteiger partial charge in [0.25, 0.3) is 0 Å². The summed E-state index contributed by atoms with van der Waals surface area (Å²) in [7, 11) is 1.88.